The number of Topliss-reactive ketones (excluding diaryl/α,β-unsaturated/α-hetero) is 1. The highest BCUT2D eigenvalue weighted by atomic mass is 32.1. The molecule has 20 heavy (non-hydrogen) atoms. The van der Waals surface area contributed by atoms with Crippen molar-refractivity contribution in [1.29, 1.82) is 0 Å². The number of rotatable bonds is 4. The first-order chi connectivity index (χ1) is 9.51. The van der Waals surface area contributed by atoms with Crippen molar-refractivity contribution in [3.63, 3.8) is 0 Å². The van der Waals surface area contributed by atoms with Gasteiger partial charge in [-0.1, -0.05) is 0 Å². The molecule has 0 aliphatic rings. The van der Waals surface area contributed by atoms with E-state index in [0.717, 1.165) is 5.69 Å². The smallest absolute Gasteiger partial charge is 0.284 e. The van der Waals surface area contributed by atoms with E-state index in [4.69, 9.17) is 4.74 Å². The third-order valence-corrected chi connectivity index (χ3v) is 3.63. The van der Waals surface area contributed by atoms with Crippen LogP contribution >= 0.6 is 11.3 Å². The zero-order chi connectivity index (χ0) is 14.7. The van der Waals surface area contributed by atoms with Gasteiger partial charge in [0.2, 0.25) is 0 Å². The minimum Gasteiger partial charge on any atom is -0.497 e. The third kappa shape index (κ3) is 3.03. The number of carbonyl (C=O) groups excluding carboxylic acids is 2. The molecule has 0 aliphatic heterocycles. The first-order valence-electron chi connectivity index (χ1n) is 5.93. The molecule has 1 aromatic heterocycles. The van der Waals surface area contributed by atoms with Crippen LogP contribution in [-0.2, 0) is 0 Å². The number of nitrogens with one attached hydrogen (secondary N) is 1. The van der Waals surface area contributed by atoms with Crippen LogP contribution in [0.1, 0.15) is 32.8 Å². The molecule has 0 fully saturated rings. The Bertz CT molecular complexity index is 664. The Balaban J connectivity index is 2.31. The molecule has 104 valence electrons. The summed E-state index contributed by atoms with van der Waals surface area (Å²) in [6.45, 7) is 3.27. The summed E-state index contributed by atoms with van der Waals surface area (Å²) in [6, 6.07) is 4.93. The van der Waals surface area contributed by atoms with E-state index < -0.39 is 0 Å². The number of hydrogen-bond acceptors (Lipinski definition) is 5. The van der Waals surface area contributed by atoms with Gasteiger partial charge in [0.1, 0.15) is 5.75 Å². The topological polar surface area (TPSA) is 68.3 Å². The van der Waals surface area contributed by atoms with E-state index in [9.17, 15) is 9.59 Å². The molecule has 0 spiro atoms. The number of benzene rings is 1. The molecular weight excluding hydrogens is 276 g/mol. The molecule has 2 aromatic rings. The van der Waals surface area contributed by atoms with E-state index in [-0.39, 0.29) is 11.7 Å². The van der Waals surface area contributed by atoms with Gasteiger partial charge in [-0.3, -0.25) is 9.59 Å². The highest BCUT2D eigenvalue weighted by Gasteiger charge is 2.15. The predicted molar refractivity (Wildman–Crippen MR) is 77.8 cm³/mol. The second-order valence-corrected chi connectivity index (χ2v) is 5.07. The number of aryl methyl sites for hydroxylation is 1. The van der Waals surface area contributed by atoms with Crippen molar-refractivity contribution in [2.75, 3.05) is 12.4 Å². The number of hydrogen-bond donors (Lipinski definition) is 1. The summed E-state index contributed by atoms with van der Waals surface area (Å²) in [5, 5.41) is 4.86. The fourth-order valence-corrected chi connectivity index (χ4v) is 2.38. The first kappa shape index (κ1) is 14.2. The lowest BCUT2D eigenvalue weighted by Gasteiger charge is -2.10. The van der Waals surface area contributed by atoms with Gasteiger partial charge in [0.25, 0.3) is 5.91 Å². The molecule has 0 radical (unpaired) electrons. The molecule has 0 bridgehead atoms. The molecule has 0 saturated heterocycles. The van der Waals surface area contributed by atoms with Gasteiger partial charge in [0.05, 0.1) is 12.8 Å². The van der Waals surface area contributed by atoms with Crippen LogP contribution in [0.25, 0.3) is 0 Å². The number of ketones is 1. The zero-order valence-electron chi connectivity index (χ0n) is 11.4. The Kier molecular flexibility index (Phi) is 4.14. The van der Waals surface area contributed by atoms with Gasteiger partial charge in [0.15, 0.2) is 10.8 Å². The summed E-state index contributed by atoms with van der Waals surface area (Å²) in [5.41, 5.74) is 1.65. The number of thiazole rings is 1. The van der Waals surface area contributed by atoms with Crippen LogP contribution in [0.5, 0.6) is 5.75 Å². The largest absolute Gasteiger partial charge is 0.497 e. The fourth-order valence-electron chi connectivity index (χ4n) is 1.69. The van der Waals surface area contributed by atoms with E-state index in [1.54, 1.807) is 23.6 Å². The average Bonchev–Trinajstić information content (AvgIpc) is 2.85. The maximum Gasteiger partial charge on any atom is 0.284 e. The van der Waals surface area contributed by atoms with Crippen LogP contribution < -0.4 is 10.1 Å². The Morgan fingerprint density at radius 3 is 2.65 bits per heavy atom. The van der Waals surface area contributed by atoms with E-state index in [1.807, 2.05) is 6.92 Å². The van der Waals surface area contributed by atoms with E-state index in [0.29, 0.717) is 22.0 Å². The Morgan fingerprint density at radius 1 is 1.35 bits per heavy atom. The van der Waals surface area contributed by atoms with Crippen molar-refractivity contribution in [3.8, 4) is 5.75 Å². The van der Waals surface area contributed by atoms with E-state index in [2.05, 4.69) is 10.3 Å². The molecule has 0 unspecified atom stereocenters. The second-order valence-electron chi connectivity index (χ2n) is 4.22. The lowest BCUT2D eigenvalue weighted by atomic mass is 10.1. The van der Waals surface area contributed by atoms with Crippen molar-refractivity contribution in [1.82, 2.24) is 4.98 Å². The summed E-state index contributed by atoms with van der Waals surface area (Å²) >= 11 is 1.26. The molecule has 1 N–H and O–H groups in total. The first-order valence-corrected chi connectivity index (χ1v) is 6.81. The summed E-state index contributed by atoms with van der Waals surface area (Å²) in [5.74, 6) is 0.109. The SMILES string of the molecule is COc1ccc(C(C)=O)c(NC(=O)c2nc(C)cs2)c1. The molecule has 1 aromatic carbocycles. The number of nitrogens with zero attached hydrogens (tertiary/aromatic N) is 1. The van der Waals surface area contributed by atoms with Crippen molar-refractivity contribution in [3.05, 3.63) is 39.8 Å². The predicted octanol–water partition coefficient (Wildman–Crippen LogP) is 2.92. The normalized spacial score (nSPS) is 10.2. The summed E-state index contributed by atoms with van der Waals surface area (Å²) in [7, 11) is 1.53. The van der Waals surface area contributed by atoms with Crippen molar-refractivity contribution >= 4 is 28.7 Å². The van der Waals surface area contributed by atoms with Crippen molar-refractivity contribution in [2.24, 2.45) is 0 Å². The number of aromatic nitrogens is 1. The van der Waals surface area contributed by atoms with Crippen LogP contribution in [0.15, 0.2) is 23.6 Å². The number of methoxy groups -OCH3 is 1. The van der Waals surface area contributed by atoms with Gasteiger partial charge in [-0.2, -0.15) is 0 Å². The average molecular weight is 290 g/mol. The van der Waals surface area contributed by atoms with Crippen LogP contribution in [0.3, 0.4) is 0 Å². The maximum atomic E-state index is 12.1. The van der Waals surface area contributed by atoms with Crippen LogP contribution in [0, 0.1) is 6.92 Å². The molecule has 1 amide bonds. The minimum absolute atomic E-state index is 0.127. The van der Waals surface area contributed by atoms with Crippen LogP contribution in [0.4, 0.5) is 5.69 Å². The molecule has 0 saturated carbocycles. The third-order valence-electron chi connectivity index (χ3n) is 2.67. The highest BCUT2D eigenvalue weighted by molar-refractivity contribution is 7.11. The van der Waals surface area contributed by atoms with Gasteiger partial charge >= 0.3 is 0 Å². The molecule has 0 atom stereocenters. The van der Waals surface area contributed by atoms with Crippen molar-refractivity contribution < 1.29 is 14.3 Å². The van der Waals surface area contributed by atoms with E-state index in [1.165, 1.54) is 25.4 Å². The summed E-state index contributed by atoms with van der Waals surface area (Å²) in [4.78, 5) is 27.8. The summed E-state index contributed by atoms with van der Waals surface area (Å²) in [6.07, 6.45) is 0. The van der Waals surface area contributed by atoms with Gasteiger partial charge in [0, 0.05) is 22.7 Å². The standard InChI is InChI=1S/C14H14N2O3S/c1-8-7-20-14(15-8)13(18)16-12-6-10(19-3)4-5-11(12)9(2)17/h4-7H,1-3H3,(H,16,18). The lowest BCUT2D eigenvalue weighted by Crippen LogP contribution is -2.14. The lowest BCUT2D eigenvalue weighted by molar-refractivity contribution is 0.101. The molecule has 2 rings (SSSR count). The highest BCUT2D eigenvalue weighted by Crippen LogP contribution is 2.24. The number of amides is 1. The van der Waals surface area contributed by atoms with Crippen LogP contribution in [-0.4, -0.2) is 23.8 Å². The fraction of sp³-hybridized carbons (Fsp3) is 0.214. The number of anilines is 1. The Labute approximate surface area is 120 Å². The summed E-state index contributed by atoms with van der Waals surface area (Å²) < 4.78 is 5.11. The molecule has 5 nitrogen and oxygen atoms in total. The minimum atomic E-state index is -0.334. The molecule has 1 heterocycles. The molecular formula is C14H14N2O3S. The number of ether oxygens (including phenoxy) is 1. The monoisotopic (exact) mass is 290 g/mol. The number of carbonyl (C=O) groups is 2. The second kappa shape index (κ2) is 5.83. The van der Waals surface area contributed by atoms with Gasteiger partial charge in [-0.05, 0) is 26.0 Å². The zero-order valence-corrected chi connectivity index (χ0v) is 12.2. The molecule has 0 aliphatic carbocycles. The van der Waals surface area contributed by atoms with E-state index >= 15 is 0 Å². The van der Waals surface area contributed by atoms with Crippen molar-refractivity contribution in [2.45, 2.75) is 13.8 Å². The Hall–Kier alpha value is -2.21. The van der Waals surface area contributed by atoms with Gasteiger partial charge in [-0.25, -0.2) is 4.98 Å². The molecule has 6 heteroatoms. The van der Waals surface area contributed by atoms with Gasteiger partial charge in [-0.15, -0.1) is 11.3 Å². The Morgan fingerprint density at radius 2 is 2.10 bits per heavy atom. The van der Waals surface area contributed by atoms with Gasteiger partial charge < -0.3 is 10.1 Å². The quantitative estimate of drug-likeness (QED) is 0.879. The van der Waals surface area contributed by atoms with Crippen LogP contribution in [0.2, 0.25) is 0 Å². The maximum absolute atomic E-state index is 12.1.